The van der Waals surface area contributed by atoms with Gasteiger partial charge in [-0.25, -0.2) is 23.1 Å². The Kier molecular flexibility index (Phi) is 4.48. The Morgan fingerprint density at radius 1 is 1.10 bits per heavy atom. The Labute approximate surface area is 170 Å². The van der Waals surface area contributed by atoms with E-state index < -0.39 is 17.5 Å². The van der Waals surface area contributed by atoms with E-state index in [2.05, 4.69) is 25.5 Å². The Morgan fingerprint density at radius 3 is 2.57 bits per heavy atom. The van der Waals surface area contributed by atoms with E-state index in [1.165, 1.54) is 6.07 Å². The third-order valence-electron chi connectivity index (χ3n) is 6.53. The van der Waals surface area contributed by atoms with Gasteiger partial charge in [0.1, 0.15) is 17.3 Å². The first-order valence-corrected chi connectivity index (χ1v) is 10.1. The number of carbonyl (C=O) groups excluding carboxylic acids is 1. The highest BCUT2D eigenvalue weighted by Gasteiger charge is 2.46. The van der Waals surface area contributed by atoms with Gasteiger partial charge in [-0.2, -0.15) is 5.10 Å². The summed E-state index contributed by atoms with van der Waals surface area (Å²) in [6.07, 6.45) is 4.94. The number of hydrogen-bond donors (Lipinski definition) is 2. The number of anilines is 1. The number of Topliss-reactive ketones (excluding diaryl/α,β-unsaturated/α-hetero) is 1. The maximum atomic E-state index is 14.6. The summed E-state index contributed by atoms with van der Waals surface area (Å²) in [6, 6.07) is 1.67. The first-order chi connectivity index (χ1) is 14.4. The average molecular weight is 415 g/mol. The van der Waals surface area contributed by atoms with Crippen molar-refractivity contribution in [3.05, 3.63) is 35.8 Å². The maximum Gasteiger partial charge on any atom is 0.181 e. The Bertz CT molecular complexity index is 1140. The maximum absolute atomic E-state index is 14.6. The molecule has 2 atom stereocenters. The lowest BCUT2D eigenvalue weighted by Gasteiger charge is -2.48. The van der Waals surface area contributed by atoms with E-state index in [4.69, 9.17) is 0 Å². The smallest absolute Gasteiger partial charge is 0.181 e. The van der Waals surface area contributed by atoms with E-state index in [9.17, 15) is 18.0 Å². The zero-order valence-electron chi connectivity index (χ0n) is 16.3. The number of nitrogens with one attached hydrogen (secondary N) is 2. The minimum absolute atomic E-state index is 0.0748. The molecule has 6 nitrogen and oxygen atoms in total. The molecule has 3 aromatic heterocycles. The summed E-state index contributed by atoms with van der Waals surface area (Å²) >= 11 is 0. The molecule has 3 aromatic rings. The van der Waals surface area contributed by atoms with E-state index >= 15 is 0 Å². The van der Waals surface area contributed by atoms with Crippen molar-refractivity contribution in [2.24, 2.45) is 17.8 Å². The highest BCUT2D eigenvalue weighted by Crippen LogP contribution is 2.46. The predicted molar refractivity (Wildman–Crippen MR) is 104 cm³/mol. The van der Waals surface area contributed by atoms with Crippen LogP contribution in [0.15, 0.2) is 18.3 Å². The normalized spacial score (nSPS) is 25.6. The van der Waals surface area contributed by atoms with Crippen LogP contribution in [0, 0.1) is 35.2 Å². The summed E-state index contributed by atoms with van der Waals surface area (Å²) in [5, 5.41) is 9.91. The first kappa shape index (κ1) is 19.0. The fraction of sp³-hybridized carbons (Fsp3) is 0.429. The van der Waals surface area contributed by atoms with Gasteiger partial charge in [0, 0.05) is 18.0 Å². The van der Waals surface area contributed by atoms with E-state index in [-0.39, 0.29) is 57.8 Å². The van der Waals surface area contributed by atoms with Gasteiger partial charge < -0.3 is 5.32 Å². The molecule has 0 spiro atoms. The fourth-order valence-electron chi connectivity index (χ4n) is 5.20. The van der Waals surface area contributed by atoms with Crippen LogP contribution in [0.4, 0.5) is 19.0 Å². The molecule has 0 aromatic carbocycles. The van der Waals surface area contributed by atoms with Crippen molar-refractivity contribution in [2.75, 3.05) is 5.32 Å². The molecule has 156 valence electrons. The molecule has 30 heavy (non-hydrogen) atoms. The molecule has 3 fully saturated rings. The van der Waals surface area contributed by atoms with E-state index in [1.807, 2.05) is 0 Å². The van der Waals surface area contributed by atoms with Crippen LogP contribution >= 0.6 is 0 Å². The molecule has 0 amide bonds. The summed E-state index contributed by atoms with van der Waals surface area (Å²) in [4.78, 5) is 20.3. The predicted octanol–water partition coefficient (Wildman–Crippen LogP) is 4.24. The second-order valence-electron chi connectivity index (χ2n) is 8.25. The average Bonchev–Trinajstić information content (AvgIpc) is 3.13. The van der Waals surface area contributed by atoms with Crippen molar-refractivity contribution in [3.63, 3.8) is 0 Å². The van der Waals surface area contributed by atoms with Crippen LogP contribution in [0.3, 0.4) is 0 Å². The summed E-state index contributed by atoms with van der Waals surface area (Å²) in [5.74, 6) is -2.09. The van der Waals surface area contributed by atoms with Crippen LogP contribution in [0.25, 0.3) is 22.4 Å². The number of rotatable bonds is 4. The lowest BCUT2D eigenvalue weighted by Crippen LogP contribution is -2.51. The Hall–Kier alpha value is -2.97. The minimum atomic E-state index is -0.902. The lowest BCUT2D eigenvalue weighted by atomic mass is 9.60. The minimum Gasteiger partial charge on any atom is -0.364 e. The van der Waals surface area contributed by atoms with Crippen LogP contribution in [0.2, 0.25) is 0 Å². The zero-order chi connectivity index (χ0) is 21.0. The van der Waals surface area contributed by atoms with E-state index in [1.54, 1.807) is 6.92 Å². The number of fused-ring (bicyclic) bond motifs is 4. The monoisotopic (exact) mass is 415 g/mol. The number of halogens is 3. The van der Waals surface area contributed by atoms with Gasteiger partial charge in [-0.15, -0.1) is 0 Å². The third-order valence-corrected chi connectivity index (χ3v) is 6.53. The topological polar surface area (TPSA) is 83.6 Å². The molecule has 9 heteroatoms. The standard InChI is InChI=1S/C21H20F3N5O/c1-9(30)16-10-2-4-11(5-3-10)17(16)26-21-15(24)7-14(23)19(27-21)18-13-6-12(22)8-25-20(13)29-28-18/h6-8,10-11,16-17H,2-5H2,1H3,(H,26,27)(H,25,28,29)/t10?,11?,16-,17-/m0/s1. The number of aromatic amines is 1. The first-order valence-electron chi connectivity index (χ1n) is 10.1. The van der Waals surface area contributed by atoms with Gasteiger partial charge in [-0.1, -0.05) is 0 Å². The van der Waals surface area contributed by atoms with E-state index in [0.717, 1.165) is 37.9 Å². The molecule has 3 saturated carbocycles. The SMILES string of the molecule is CC(=O)[C@H]1C2CCC(CC2)[C@@H]1Nc1nc(-c2[nH]nc3ncc(F)cc23)c(F)cc1F. The van der Waals surface area contributed by atoms with Crippen LogP contribution in [-0.4, -0.2) is 32.0 Å². The number of hydrogen-bond acceptors (Lipinski definition) is 5. The molecule has 3 aliphatic rings. The molecule has 2 N–H and O–H groups in total. The summed E-state index contributed by atoms with van der Waals surface area (Å²) in [5.41, 5.74) is 0.132. The molecule has 0 saturated heterocycles. The number of carbonyl (C=O) groups is 1. The molecule has 0 unspecified atom stereocenters. The lowest BCUT2D eigenvalue weighted by molar-refractivity contribution is -0.126. The molecule has 3 aliphatic carbocycles. The fourth-order valence-corrected chi connectivity index (χ4v) is 5.20. The van der Waals surface area contributed by atoms with Crippen LogP contribution in [0.1, 0.15) is 32.6 Å². The highest BCUT2D eigenvalue weighted by molar-refractivity contribution is 5.90. The van der Waals surface area contributed by atoms with Gasteiger partial charge in [0.05, 0.1) is 17.3 Å². The Balaban J connectivity index is 1.55. The van der Waals surface area contributed by atoms with Crippen LogP contribution in [0.5, 0.6) is 0 Å². The van der Waals surface area contributed by atoms with Gasteiger partial charge in [-0.05, 0) is 50.5 Å². The number of aromatic nitrogens is 4. The van der Waals surface area contributed by atoms with Crippen LogP contribution in [-0.2, 0) is 4.79 Å². The van der Waals surface area contributed by atoms with Crippen molar-refractivity contribution in [1.29, 1.82) is 0 Å². The number of ketones is 1. The second kappa shape index (κ2) is 7.07. The summed E-state index contributed by atoms with van der Waals surface area (Å²) in [7, 11) is 0. The molecule has 3 heterocycles. The van der Waals surface area contributed by atoms with Crippen molar-refractivity contribution >= 4 is 22.6 Å². The molecular weight excluding hydrogens is 395 g/mol. The number of nitrogens with zero attached hydrogens (tertiary/aromatic N) is 3. The highest BCUT2D eigenvalue weighted by atomic mass is 19.1. The quantitative estimate of drug-likeness (QED) is 0.666. The molecule has 0 radical (unpaired) electrons. The van der Waals surface area contributed by atoms with Crippen LogP contribution < -0.4 is 5.32 Å². The summed E-state index contributed by atoms with van der Waals surface area (Å²) in [6.45, 7) is 1.57. The number of pyridine rings is 2. The largest absolute Gasteiger partial charge is 0.364 e. The summed E-state index contributed by atoms with van der Waals surface area (Å²) < 4.78 is 42.9. The van der Waals surface area contributed by atoms with Crippen molar-refractivity contribution in [1.82, 2.24) is 20.2 Å². The van der Waals surface area contributed by atoms with Gasteiger partial charge in [0.25, 0.3) is 0 Å². The van der Waals surface area contributed by atoms with Gasteiger partial charge in [0.2, 0.25) is 0 Å². The number of H-pyrrole nitrogens is 1. The van der Waals surface area contributed by atoms with Gasteiger partial charge >= 0.3 is 0 Å². The molecule has 0 aliphatic heterocycles. The van der Waals surface area contributed by atoms with Gasteiger partial charge in [0.15, 0.2) is 23.1 Å². The van der Waals surface area contributed by atoms with E-state index in [0.29, 0.717) is 0 Å². The third kappa shape index (κ3) is 3.03. The molecular formula is C21H20F3N5O. The second-order valence-corrected chi connectivity index (χ2v) is 8.25. The van der Waals surface area contributed by atoms with Crippen molar-refractivity contribution < 1.29 is 18.0 Å². The molecule has 2 bridgehead atoms. The molecule has 6 rings (SSSR count). The van der Waals surface area contributed by atoms with Crippen molar-refractivity contribution in [2.45, 2.75) is 38.6 Å². The Morgan fingerprint density at radius 2 is 1.83 bits per heavy atom. The van der Waals surface area contributed by atoms with Crippen molar-refractivity contribution in [3.8, 4) is 11.4 Å². The zero-order valence-corrected chi connectivity index (χ0v) is 16.3. The van der Waals surface area contributed by atoms with Gasteiger partial charge in [-0.3, -0.25) is 9.89 Å².